The number of carbonyl (C=O) groups excluding carboxylic acids is 1. The van der Waals surface area contributed by atoms with Crippen molar-refractivity contribution in [2.45, 2.75) is 19.3 Å². The van der Waals surface area contributed by atoms with E-state index in [1.165, 1.54) is 0 Å². The van der Waals surface area contributed by atoms with Crippen molar-refractivity contribution >= 4 is 33.7 Å². The van der Waals surface area contributed by atoms with Gasteiger partial charge in [-0.3, -0.25) is 9.89 Å². The van der Waals surface area contributed by atoms with Gasteiger partial charge in [-0.15, -0.1) is 0 Å². The van der Waals surface area contributed by atoms with Crippen LogP contribution < -0.4 is 5.43 Å². The maximum Gasteiger partial charge on any atom is 0.292 e. The number of hydrogen-bond donors (Lipinski definition) is 2. The zero-order valence-corrected chi connectivity index (χ0v) is 14.7. The molecule has 4 aromatic rings. The number of rotatable bonds is 3. The quantitative estimate of drug-likeness (QED) is 0.332. The Balaban J connectivity index is 1.50. The standard InChI is InChI=1S/C22H18N4O/c27-22(21-18-10-5-11-20(18)24-25-21)26-23-13-19-16-8-3-1-6-14(16)12-15-7-2-4-9-17(15)19/h1-4,6-9,12-13H,5,10-11H2,(H,24,25)(H,26,27)/b23-13-. The van der Waals surface area contributed by atoms with Crippen LogP contribution in [0.1, 0.15) is 33.7 Å². The molecule has 0 unspecified atom stereocenters. The lowest BCUT2D eigenvalue weighted by Gasteiger charge is -2.07. The van der Waals surface area contributed by atoms with Gasteiger partial charge < -0.3 is 0 Å². The molecule has 27 heavy (non-hydrogen) atoms. The van der Waals surface area contributed by atoms with Crippen LogP contribution in [0.3, 0.4) is 0 Å². The lowest BCUT2D eigenvalue weighted by molar-refractivity contribution is 0.0949. The van der Waals surface area contributed by atoms with Gasteiger partial charge in [0.05, 0.1) is 6.21 Å². The Labute approximate surface area is 156 Å². The monoisotopic (exact) mass is 354 g/mol. The topological polar surface area (TPSA) is 70.1 Å². The third-order valence-electron chi connectivity index (χ3n) is 5.19. The van der Waals surface area contributed by atoms with E-state index in [0.29, 0.717) is 5.69 Å². The van der Waals surface area contributed by atoms with Gasteiger partial charge >= 0.3 is 0 Å². The van der Waals surface area contributed by atoms with Crippen molar-refractivity contribution in [3.05, 3.63) is 77.1 Å². The third kappa shape index (κ3) is 2.68. The molecule has 1 amide bonds. The number of benzene rings is 3. The number of nitrogens with zero attached hydrogens (tertiary/aromatic N) is 2. The average Bonchev–Trinajstić information content (AvgIpc) is 3.31. The molecular formula is C22H18N4O. The highest BCUT2D eigenvalue weighted by Crippen LogP contribution is 2.27. The molecule has 1 aromatic heterocycles. The Morgan fingerprint density at radius 2 is 1.74 bits per heavy atom. The van der Waals surface area contributed by atoms with Gasteiger partial charge in [0.15, 0.2) is 5.69 Å². The van der Waals surface area contributed by atoms with Crippen LogP contribution >= 0.6 is 0 Å². The molecule has 3 aromatic carbocycles. The van der Waals surface area contributed by atoms with Crippen molar-refractivity contribution in [3.63, 3.8) is 0 Å². The molecule has 1 heterocycles. The van der Waals surface area contributed by atoms with E-state index in [0.717, 1.165) is 57.6 Å². The maximum atomic E-state index is 12.5. The summed E-state index contributed by atoms with van der Waals surface area (Å²) in [7, 11) is 0. The van der Waals surface area contributed by atoms with Crippen LogP contribution in [0, 0.1) is 0 Å². The number of nitrogens with one attached hydrogen (secondary N) is 2. The number of amides is 1. The van der Waals surface area contributed by atoms with Crippen molar-refractivity contribution in [1.29, 1.82) is 0 Å². The summed E-state index contributed by atoms with van der Waals surface area (Å²) < 4.78 is 0. The normalized spacial score (nSPS) is 13.5. The van der Waals surface area contributed by atoms with E-state index in [4.69, 9.17) is 0 Å². The Morgan fingerprint density at radius 1 is 1.04 bits per heavy atom. The van der Waals surface area contributed by atoms with Crippen LogP contribution in [-0.2, 0) is 12.8 Å². The minimum absolute atomic E-state index is 0.268. The first-order valence-electron chi connectivity index (χ1n) is 9.11. The first kappa shape index (κ1) is 15.8. The van der Waals surface area contributed by atoms with Crippen LogP contribution in [0.2, 0.25) is 0 Å². The van der Waals surface area contributed by atoms with Crippen LogP contribution in [0.25, 0.3) is 21.5 Å². The molecule has 5 heteroatoms. The summed E-state index contributed by atoms with van der Waals surface area (Å²) in [5.74, 6) is -0.268. The first-order chi connectivity index (χ1) is 13.3. The summed E-state index contributed by atoms with van der Waals surface area (Å²) in [6.07, 6.45) is 4.65. The maximum absolute atomic E-state index is 12.5. The van der Waals surface area contributed by atoms with Crippen molar-refractivity contribution in [2.75, 3.05) is 0 Å². The van der Waals surface area contributed by atoms with Gasteiger partial charge in [0.1, 0.15) is 0 Å². The number of aromatic amines is 1. The Bertz CT molecular complexity index is 1150. The largest absolute Gasteiger partial charge is 0.292 e. The van der Waals surface area contributed by atoms with Crippen molar-refractivity contribution in [1.82, 2.24) is 15.6 Å². The molecule has 0 saturated carbocycles. The predicted octanol–water partition coefficient (Wildman–Crippen LogP) is 3.97. The minimum Gasteiger partial charge on any atom is -0.281 e. The number of aromatic nitrogens is 2. The number of carbonyl (C=O) groups is 1. The van der Waals surface area contributed by atoms with Crippen molar-refractivity contribution in [3.8, 4) is 0 Å². The molecule has 0 spiro atoms. The lowest BCUT2D eigenvalue weighted by atomic mass is 9.97. The summed E-state index contributed by atoms with van der Waals surface area (Å²) in [6.45, 7) is 0. The zero-order valence-electron chi connectivity index (χ0n) is 14.7. The summed E-state index contributed by atoms with van der Waals surface area (Å²) in [5, 5.41) is 15.9. The fraction of sp³-hybridized carbons (Fsp3) is 0.136. The van der Waals surface area contributed by atoms with E-state index in [-0.39, 0.29) is 5.91 Å². The molecule has 0 atom stereocenters. The number of aryl methyl sites for hydroxylation is 1. The Hall–Kier alpha value is -3.47. The molecule has 1 aliphatic carbocycles. The zero-order chi connectivity index (χ0) is 18.2. The minimum atomic E-state index is -0.268. The van der Waals surface area contributed by atoms with E-state index >= 15 is 0 Å². The van der Waals surface area contributed by atoms with Crippen LogP contribution in [0.5, 0.6) is 0 Å². The SMILES string of the molecule is O=C(N/N=C\c1c2ccccc2cc2ccccc12)c1n[nH]c2c1CCC2. The molecular weight excluding hydrogens is 336 g/mol. The summed E-state index contributed by atoms with van der Waals surface area (Å²) in [5.41, 5.74) is 6.20. The molecule has 0 aliphatic heterocycles. The van der Waals surface area contributed by atoms with Gasteiger partial charge in [0, 0.05) is 16.8 Å². The number of fused-ring (bicyclic) bond motifs is 3. The smallest absolute Gasteiger partial charge is 0.281 e. The lowest BCUT2D eigenvalue weighted by Crippen LogP contribution is -2.19. The Kier molecular flexibility index (Phi) is 3.71. The number of H-pyrrole nitrogens is 1. The summed E-state index contributed by atoms with van der Waals surface area (Å²) >= 11 is 0. The molecule has 5 rings (SSSR count). The summed E-state index contributed by atoms with van der Waals surface area (Å²) in [4.78, 5) is 12.5. The fourth-order valence-electron chi connectivity index (χ4n) is 3.90. The molecule has 0 bridgehead atoms. The van der Waals surface area contributed by atoms with E-state index in [1.807, 2.05) is 24.3 Å². The van der Waals surface area contributed by atoms with Gasteiger partial charge in [-0.2, -0.15) is 10.2 Å². The van der Waals surface area contributed by atoms with Gasteiger partial charge in [-0.25, -0.2) is 5.43 Å². The van der Waals surface area contributed by atoms with Gasteiger partial charge in [-0.05, 0) is 46.9 Å². The van der Waals surface area contributed by atoms with E-state index in [9.17, 15) is 4.79 Å². The van der Waals surface area contributed by atoms with Crippen LogP contribution in [-0.4, -0.2) is 22.3 Å². The highest BCUT2D eigenvalue weighted by atomic mass is 16.2. The number of hydrogen-bond acceptors (Lipinski definition) is 3. The molecule has 132 valence electrons. The van der Waals surface area contributed by atoms with Gasteiger partial charge in [0.2, 0.25) is 0 Å². The van der Waals surface area contributed by atoms with Crippen molar-refractivity contribution < 1.29 is 4.79 Å². The molecule has 1 aliphatic rings. The van der Waals surface area contributed by atoms with Crippen molar-refractivity contribution in [2.24, 2.45) is 5.10 Å². The summed E-state index contributed by atoms with van der Waals surface area (Å²) in [6, 6.07) is 18.6. The molecule has 0 radical (unpaired) electrons. The molecule has 5 nitrogen and oxygen atoms in total. The second-order valence-electron chi connectivity index (χ2n) is 6.81. The predicted molar refractivity (Wildman–Crippen MR) is 107 cm³/mol. The second kappa shape index (κ2) is 6.36. The highest BCUT2D eigenvalue weighted by molar-refractivity contribution is 6.13. The number of hydrazone groups is 1. The van der Waals surface area contributed by atoms with Gasteiger partial charge in [0.25, 0.3) is 5.91 Å². The first-order valence-corrected chi connectivity index (χ1v) is 9.11. The molecule has 2 N–H and O–H groups in total. The highest BCUT2D eigenvalue weighted by Gasteiger charge is 2.22. The van der Waals surface area contributed by atoms with E-state index in [1.54, 1.807) is 6.21 Å². The fourth-order valence-corrected chi connectivity index (χ4v) is 3.90. The van der Waals surface area contributed by atoms with Crippen LogP contribution in [0.4, 0.5) is 0 Å². The third-order valence-corrected chi connectivity index (χ3v) is 5.19. The average molecular weight is 354 g/mol. The van der Waals surface area contributed by atoms with Crippen LogP contribution in [0.15, 0.2) is 59.7 Å². The second-order valence-corrected chi connectivity index (χ2v) is 6.81. The van der Waals surface area contributed by atoms with E-state index in [2.05, 4.69) is 51.1 Å². The van der Waals surface area contributed by atoms with E-state index < -0.39 is 0 Å². The Morgan fingerprint density at radius 3 is 2.48 bits per heavy atom. The van der Waals surface area contributed by atoms with Gasteiger partial charge in [-0.1, -0.05) is 48.5 Å². The molecule has 0 fully saturated rings. The molecule has 0 saturated heterocycles.